The fourth-order valence-electron chi connectivity index (χ4n) is 3.17. The van der Waals surface area contributed by atoms with Gasteiger partial charge >= 0.3 is 0 Å². The first-order chi connectivity index (χ1) is 15.5. The van der Waals surface area contributed by atoms with Gasteiger partial charge in [0.2, 0.25) is 0 Å². The summed E-state index contributed by atoms with van der Waals surface area (Å²) in [7, 11) is 0. The molecule has 0 unspecified atom stereocenters. The van der Waals surface area contributed by atoms with Gasteiger partial charge in [-0.2, -0.15) is 5.26 Å². The van der Waals surface area contributed by atoms with E-state index in [1.54, 1.807) is 24.3 Å². The molecule has 0 radical (unpaired) electrons. The van der Waals surface area contributed by atoms with E-state index in [4.69, 9.17) is 0 Å². The number of hydrogen-bond acceptors (Lipinski definition) is 5. The summed E-state index contributed by atoms with van der Waals surface area (Å²) in [4.78, 5) is 27.3. The Morgan fingerprint density at radius 1 is 1.06 bits per heavy atom. The molecule has 0 atom stereocenters. The third kappa shape index (κ3) is 4.33. The zero-order valence-corrected chi connectivity index (χ0v) is 19.1. The quantitative estimate of drug-likeness (QED) is 0.508. The van der Waals surface area contributed by atoms with E-state index in [-0.39, 0.29) is 11.1 Å². The van der Waals surface area contributed by atoms with Crippen LogP contribution in [0.15, 0.2) is 70.8 Å². The minimum atomic E-state index is -0.552. The highest BCUT2D eigenvalue weighted by Gasteiger charge is 2.17. The Kier molecular flexibility index (Phi) is 6.17. The van der Waals surface area contributed by atoms with Gasteiger partial charge in [0, 0.05) is 10.6 Å². The number of aromatic nitrogens is 1. The average molecular weight is 458 g/mol. The summed E-state index contributed by atoms with van der Waals surface area (Å²) in [6.07, 6.45) is 1.79. The molecule has 1 amide bonds. The second-order valence-electron chi connectivity index (χ2n) is 7.15. The Labute approximate surface area is 192 Å². The van der Waals surface area contributed by atoms with Crippen LogP contribution in [-0.4, -0.2) is 10.5 Å². The second-order valence-corrected chi connectivity index (χ2v) is 9.16. The molecular formula is C25H19N3O2S2. The first kappa shape index (κ1) is 21.5. The number of para-hydroxylation sites is 1. The summed E-state index contributed by atoms with van der Waals surface area (Å²) in [5.41, 5.74) is 2.96. The van der Waals surface area contributed by atoms with Gasteiger partial charge in [0.15, 0.2) is 5.57 Å². The lowest BCUT2D eigenvalue weighted by molar-refractivity contribution is -0.111. The normalized spacial score (nSPS) is 12.3. The molecule has 4 aromatic rings. The predicted molar refractivity (Wildman–Crippen MR) is 131 cm³/mol. The van der Waals surface area contributed by atoms with E-state index in [0.29, 0.717) is 20.6 Å². The molecule has 7 heteroatoms. The molecule has 0 aliphatic rings. The van der Waals surface area contributed by atoms with E-state index < -0.39 is 5.91 Å². The van der Waals surface area contributed by atoms with Crippen LogP contribution in [0, 0.1) is 25.2 Å². The van der Waals surface area contributed by atoms with Gasteiger partial charge in [-0.25, -0.2) is 0 Å². The third-order valence-electron chi connectivity index (χ3n) is 4.97. The van der Waals surface area contributed by atoms with E-state index in [1.807, 2.05) is 67.8 Å². The summed E-state index contributed by atoms with van der Waals surface area (Å²) >= 11 is 2.65. The van der Waals surface area contributed by atoms with Gasteiger partial charge in [-0.3, -0.25) is 14.2 Å². The van der Waals surface area contributed by atoms with E-state index in [2.05, 4.69) is 5.32 Å². The molecule has 1 N–H and O–H groups in total. The Morgan fingerprint density at radius 3 is 2.50 bits per heavy atom. The van der Waals surface area contributed by atoms with Crippen molar-refractivity contribution in [2.24, 2.45) is 0 Å². The molecule has 32 heavy (non-hydrogen) atoms. The van der Waals surface area contributed by atoms with Gasteiger partial charge in [0.25, 0.3) is 11.5 Å². The smallest absolute Gasteiger partial charge is 0.273 e. The standard InChI is InChI=1S/C25H19N3O2S2/c1-16-10-11-18(13-17(16)2)27-23(29)21(15-26)25-28(19-7-4-3-5-8-19)24(30)22(32-25)14-20-9-6-12-31-20/h3-14H,1-2H3,(H,27,29)/b22-14+,25-21-. The monoisotopic (exact) mass is 457 g/mol. The SMILES string of the molecule is Cc1ccc(NC(=O)/C(C#N)=c2\s/c(=C/c3cccs3)c(=O)n2-c2ccccc2)cc1C. The van der Waals surface area contributed by atoms with Crippen LogP contribution in [0.5, 0.6) is 0 Å². The van der Waals surface area contributed by atoms with Crippen molar-refractivity contribution in [3.05, 3.63) is 102 Å². The highest BCUT2D eigenvalue weighted by Crippen LogP contribution is 2.15. The Hall–Kier alpha value is -3.73. The van der Waals surface area contributed by atoms with Crippen molar-refractivity contribution in [3.8, 4) is 11.8 Å². The van der Waals surface area contributed by atoms with Crippen LogP contribution in [-0.2, 0) is 4.79 Å². The minimum absolute atomic E-state index is 0.111. The fraction of sp³-hybridized carbons (Fsp3) is 0.0800. The van der Waals surface area contributed by atoms with Gasteiger partial charge in [0.1, 0.15) is 10.7 Å². The summed E-state index contributed by atoms with van der Waals surface area (Å²) in [6, 6.07) is 20.4. The van der Waals surface area contributed by atoms with E-state index in [9.17, 15) is 14.9 Å². The lowest BCUT2D eigenvalue weighted by Gasteiger charge is -2.07. The number of nitrogens with one attached hydrogen (secondary N) is 1. The molecule has 0 bridgehead atoms. The number of carbonyl (C=O) groups excluding carboxylic acids is 1. The maximum absolute atomic E-state index is 13.3. The number of anilines is 1. The molecule has 0 aliphatic heterocycles. The highest BCUT2D eigenvalue weighted by atomic mass is 32.1. The largest absolute Gasteiger partial charge is 0.321 e. The number of benzene rings is 2. The van der Waals surface area contributed by atoms with Crippen LogP contribution in [0.2, 0.25) is 0 Å². The number of thiazole rings is 1. The van der Waals surface area contributed by atoms with Crippen LogP contribution in [0.1, 0.15) is 16.0 Å². The summed E-state index contributed by atoms with van der Waals surface area (Å²) in [6.45, 7) is 3.95. The first-order valence-corrected chi connectivity index (χ1v) is 11.5. The second kappa shape index (κ2) is 9.18. The number of aryl methyl sites for hydroxylation is 2. The van der Waals surface area contributed by atoms with Crippen molar-refractivity contribution < 1.29 is 4.79 Å². The number of nitriles is 1. The Balaban J connectivity index is 1.92. The first-order valence-electron chi connectivity index (χ1n) is 9.83. The molecular weight excluding hydrogens is 438 g/mol. The van der Waals surface area contributed by atoms with Crippen LogP contribution < -0.4 is 20.1 Å². The molecule has 158 valence electrons. The summed E-state index contributed by atoms with van der Waals surface area (Å²) in [5.74, 6) is -0.552. The lowest BCUT2D eigenvalue weighted by Crippen LogP contribution is -2.32. The van der Waals surface area contributed by atoms with Gasteiger partial charge in [-0.05, 0) is 66.8 Å². The maximum atomic E-state index is 13.3. The molecule has 2 aromatic carbocycles. The molecule has 0 saturated carbocycles. The van der Waals surface area contributed by atoms with Crippen molar-refractivity contribution in [2.45, 2.75) is 13.8 Å². The molecule has 0 spiro atoms. The summed E-state index contributed by atoms with van der Waals surface area (Å²) in [5, 5.41) is 14.6. The fourth-order valence-corrected chi connectivity index (χ4v) is 5.00. The predicted octanol–water partition coefficient (Wildman–Crippen LogP) is 3.72. The zero-order chi connectivity index (χ0) is 22.7. The van der Waals surface area contributed by atoms with Crippen LogP contribution in [0.4, 0.5) is 5.69 Å². The van der Waals surface area contributed by atoms with Gasteiger partial charge in [-0.15, -0.1) is 22.7 Å². The van der Waals surface area contributed by atoms with E-state index >= 15 is 0 Å². The minimum Gasteiger partial charge on any atom is -0.321 e. The lowest BCUT2D eigenvalue weighted by atomic mass is 10.1. The number of hydrogen-bond donors (Lipinski definition) is 1. The number of rotatable bonds is 4. The molecule has 0 aliphatic carbocycles. The molecule has 2 heterocycles. The highest BCUT2D eigenvalue weighted by molar-refractivity contribution is 7.11. The van der Waals surface area contributed by atoms with Crippen LogP contribution in [0.25, 0.3) is 17.3 Å². The van der Waals surface area contributed by atoms with Crippen molar-refractivity contribution in [1.82, 2.24) is 4.57 Å². The van der Waals surface area contributed by atoms with Crippen molar-refractivity contribution in [2.75, 3.05) is 5.32 Å². The third-order valence-corrected chi connectivity index (χ3v) is 6.88. The summed E-state index contributed by atoms with van der Waals surface area (Å²) < 4.78 is 2.19. The molecule has 5 nitrogen and oxygen atoms in total. The molecule has 4 rings (SSSR count). The molecule has 0 fully saturated rings. The van der Waals surface area contributed by atoms with Crippen molar-refractivity contribution >= 4 is 45.9 Å². The van der Waals surface area contributed by atoms with E-state index in [0.717, 1.165) is 27.3 Å². The molecule has 2 aromatic heterocycles. The van der Waals surface area contributed by atoms with Crippen LogP contribution in [0.3, 0.4) is 0 Å². The van der Waals surface area contributed by atoms with E-state index in [1.165, 1.54) is 15.9 Å². The van der Waals surface area contributed by atoms with Crippen molar-refractivity contribution in [1.29, 1.82) is 5.26 Å². The van der Waals surface area contributed by atoms with Crippen LogP contribution >= 0.6 is 22.7 Å². The number of amides is 1. The molecule has 0 saturated heterocycles. The zero-order valence-electron chi connectivity index (χ0n) is 17.5. The number of thiophene rings is 1. The number of carbonyl (C=O) groups is 1. The number of nitrogens with zero attached hydrogens (tertiary/aromatic N) is 2. The van der Waals surface area contributed by atoms with Gasteiger partial charge in [-0.1, -0.05) is 30.3 Å². The Bertz CT molecular complexity index is 1510. The van der Waals surface area contributed by atoms with Gasteiger partial charge < -0.3 is 5.32 Å². The average Bonchev–Trinajstić information content (AvgIpc) is 3.40. The van der Waals surface area contributed by atoms with Crippen molar-refractivity contribution in [3.63, 3.8) is 0 Å². The Morgan fingerprint density at radius 2 is 1.84 bits per heavy atom. The topological polar surface area (TPSA) is 74.9 Å². The van der Waals surface area contributed by atoms with Gasteiger partial charge in [0.05, 0.1) is 10.2 Å². The maximum Gasteiger partial charge on any atom is 0.273 e.